The van der Waals surface area contributed by atoms with E-state index < -0.39 is 10.0 Å². The molecular weight excluding hydrogens is 380 g/mol. The minimum atomic E-state index is -3.71. The van der Waals surface area contributed by atoms with Crippen molar-refractivity contribution in [2.45, 2.75) is 43.4 Å². The van der Waals surface area contributed by atoms with Crippen LogP contribution < -0.4 is 9.47 Å². The Labute approximate surface area is 167 Å². The first-order valence-corrected chi connectivity index (χ1v) is 11.4. The SMILES string of the molecule is COc1ccc(OC)c(S(=O)(=O)N2CCC(C(=O)N3CCCCCC3)CC2)c1. The Hall–Kier alpha value is -1.80. The lowest BCUT2D eigenvalue weighted by Crippen LogP contribution is -2.44. The highest BCUT2D eigenvalue weighted by Gasteiger charge is 2.35. The van der Waals surface area contributed by atoms with E-state index in [4.69, 9.17) is 9.47 Å². The molecule has 0 aromatic heterocycles. The Morgan fingerprint density at radius 2 is 1.61 bits per heavy atom. The number of amides is 1. The molecule has 0 saturated carbocycles. The molecular formula is C20H30N2O5S. The summed E-state index contributed by atoms with van der Waals surface area (Å²) in [6, 6.07) is 4.76. The number of piperidine rings is 1. The summed E-state index contributed by atoms with van der Waals surface area (Å²) in [6.45, 7) is 2.34. The summed E-state index contributed by atoms with van der Waals surface area (Å²) in [5.74, 6) is 0.865. The van der Waals surface area contributed by atoms with Gasteiger partial charge in [0.05, 0.1) is 14.2 Å². The number of hydrogen-bond donors (Lipinski definition) is 0. The summed E-state index contributed by atoms with van der Waals surface area (Å²) >= 11 is 0. The van der Waals surface area contributed by atoms with Gasteiger partial charge >= 0.3 is 0 Å². The van der Waals surface area contributed by atoms with Crippen LogP contribution in [0.25, 0.3) is 0 Å². The van der Waals surface area contributed by atoms with Gasteiger partial charge in [0, 0.05) is 38.2 Å². The minimum Gasteiger partial charge on any atom is -0.497 e. The maximum Gasteiger partial charge on any atom is 0.246 e. The van der Waals surface area contributed by atoms with E-state index in [9.17, 15) is 13.2 Å². The average molecular weight is 411 g/mol. The standard InChI is InChI=1S/C20H30N2O5S/c1-26-17-7-8-18(27-2)19(15-17)28(24,25)22-13-9-16(10-14-22)20(23)21-11-5-3-4-6-12-21/h7-8,15-16H,3-6,9-14H2,1-2H3. The fourth-order valence-electron chi connectivity index (χ4n) is 4.02. The Bertz CT molecular complexity index is 780. The van der Waals surface area contributed by atoms with Crippen LogP contribution in [0, 0.1) is 5.92 Å². The van der Waals surface area contributed by atoms with Gasteiger partial charge in [0.2, 0.25) is 15.9 Å². The van der Waals surface area contributed by atoms with Crippen molar-refractivity contribution in [3.05, 3.63) is 18.2 Å². The number of methoxy groups -OCH3 is 2. The van der Waals surface area contributed by atoms with Crippen LogP contribution in [0.4, 0.5) is 0 Å². The lowest BCUT2D eigenvalue weighted by atomic mass is 9.96. The van der Waals surface area contributed by atoms with Crippen LogP contribution in [0.3, 0.4) is 0 Å². The largest absolute Gasteiger partial charge is 0.497 e. The molecule has 28 heavy (non-hydrogen) atoms. The number of ether oxygens (including phenoxy) is 2. The molecule has 2 aliphatic heterocycles. The first-order chi connectivity index (χ1) is 13.5. The number of hydrogen-bond acceptors (Lipinski definition) is 5. The van der Waals surface area contributed by atoms with Gasteiger partial charge in [0.1, 0.15) is 16.4 Å². The van der Waals surface area contributed by atoms with Crippen LogP contribution in [-0.2, 0) is 14.8 Å². The zero-order valence-corrected chi connectivity index (χ0v) is 17.5. The number of sulfonamides is 1. The molecule has 156 valence electrons. The lowest BCUT2D eigenvalue weighted by molar-refractivity contribution is -0.136. The second kappa shape index (κ2) is 9.13. The molecule has 0 aliphatic carbocycles. The molecule has 0 bridgehead atoms. The molecule has 0 N–H and O–H groups in total. The molecule has 2 aliphatic rings. The summed E-state index contributed by atoms with van der Waals surface area (Å²) in [7, 11) is -0.764. The van der Waals surface area contributed by atoms with Gasteiger partial charge < -0.3 is 14.4 Å². The molecule has 8 heteroatoms. The fourth-order valence-corrected chi connectivity index (χ4v) is 5.66. The van der Waals surface area contributed by atoms with Gasteiger partial charge in [0.25, 0.3) is 0 Å². The van der Waals surface area contributed by atoms with Gasteiger partial charge in [-0.2, -0.15) is 4.31 Å². The normalized spacial score (nSPS) is 19.9. The van der Waals surface area contributed by atoms with Crippen molar-refractivity contribution in [2.75, 3.05) is 40.4 Å². The van der Waals surface area contributed by atoms with Crippen LogP contribution in [0.15, 0.2) is 23.1 Å². The first-order valence-electron chi connectivity index (χ1n) is 9.98. The average Bonchev–Trinajstić information content (AvgIpc) is 3.02. The summed E-state index contributed by atoms with van der Waals surface area (Å²) in [5, 5.41) is 0. The maximum absolute atomic E-state index is 13.2. The van der Waals surface area contributed by atoms with Gasteiger partial charge in [-0.1, -0.05) is 12.8 Å². The zero-order chi connectivity index (χ0) is 20.1. The van der Waals surface area contributed by atoms with Crippen LogP contribution in [-0.4, -0.2) is 63.9 Å². The van der Waals surface area contributed by atoms with Crippen molar-refractivity contribution in [3.8, 4) is 11.5 Å². The minimum absolute atomic E-state index is 0.0863. The maximum atomic E-state index is 13.2. The van der Waals surface area contributed by atoms with E-state index in [0.29, 0.717) is 37.4 Å². The second-order valence-electron chi connectivity index (χ2n) is 7.43. The molecule has 2 heterocycles. The van der Waals surface area contributed by atoms with Crippen molar-refractivity contribution in [2.24, 2.45) is 5.92 Å². The Balaban J connectivity index is 1.69. The van der Waals surface area contributed by atoms with E-state index in [1.165, 1.54) is 37.4 Å². The highest BCUT2D eigenvalue weighted by Crippen LogP contribution is 2.33. The van der Waals surface area contributed by atoms with Crippen LogP contribution in [0.1, 0.15) is 38.5 Å². The third-order valence-corrected chi connectivity index (χ3v) is 7.63. The third-order valence-electron chi connectivity index (χ3n) is 5.71. The quantitative estimate of drug-likeness (QED) is 0.746. The van der Waals surface area contributed by atoms with Gasteiger partial charge in [-0.05, 0) is 37.8 Å². The molecule has 0 spiro atoms. The van der Waals surface area contributed by atoms with E-state index in [-0.39, 0.29) is 16.7 Å². The second-order valence-corrected chi connectivity index (χ2v) is 9.34. The fraction of sp³-hybridized carbons (Fsp3) is 0.650. The number of nitrogens with zero attached hydrogens (tertiary/aromatic N) is 2. The predicted octanol–water partition coefficient (Wildman–Crippen LogP) is 2.51. The molecule has 7 nitrogen and oxygen atoms in total. The summed E-state index contributed by atoms with van der Waals surface area (Å²) in [4.78, 5) is 14.9. The molecule has 0 unspecified atom stereocenters. The van der Waals surface area contributed by atoms with Gasteiger partial charge in [-0.3, -0.25) is 4.79 Å². The van der Waals surface area contributed by atoms with Crippen molar-refractivity contribution in [3.63, 3.8) is 0 Å². The third kappa shape index (κ3) is 4.43. The van der Waals surface area contributed by atoms with Gasteiger partial charge in [-0.15, -0.1) is 0 Å². The topological polar surface area (TPSA) is 76.1 Å². The summed E-state index contributed by atoms with van der Waals surface area (Å²) < 4.78 is 38.2. The molecule has 2 saturated heterocycles. The molecule has 1 aromatic rings. The summed E-state index contributed by atoms with van der Waals surface area (Å²) in [6.07, 6.45) is 5.61. The van der Waals surface area contributed by atoms with E-state index in [1.807, 2.05) is 4.90 Å². The highest BCUT2D eigenvalue weighted by atomic mass is 32.2. The zero-order valence-electron chi connectivity index (χ0n) is 16.7. The smallest absolute Gasteiger partial charge is 0.246 e. The number of rotatable bonds is 5. The van der Waals surface area contributed by atoms with E-state index in [2.05, 4.69) is 0 Å². The van der Waals surface area contributed by atoms with Crippen LogP contribution in [0.5, 0.6) is 11.5 Å². The van der Waals surface area contributed by atoms with Gasteiger partial charge in [-0.25, -0.2) is 8.42 Å². The van der Waals surface area contributed by atoms with E-state index in [1.54, 1.807) is 12.1 Å². The Morgan fingerprint density at radius 3 is 2.18 bits per heavy atom. The monoisotopic (exact) mass is 410 g/mol. The van der Waals surface area contributed by atoms with Crippen LogP contribution in [0.2, 0.25) is 0 Å². The van der Waals surface area contributed by atoms with Crippen molar-refractivity contribution < 1.29 is 22.7 Å². The van der Waals surface area contributed by atoms with E-state index in [0.717, 1.165) is 25.9 Å². The highest BCUT2D eigenvalue weighted by molar-refractivity contribution is 7.89. The number of likely N-dealkylation sites (tertiary alicyclic amines) is 1. The molecule has 0 atom stereocenters. The van der Waals surface area contributed by atoms with Crippen molar-refractivity contribution in [1.82, 2.24) is 9.21 Å². The Morgan fingerprint density at radius 1 is 0.964 bits per heavy atom. The lowest BCUT2D eigenvalue weighted by Gasteiger charge is -2.33. The number of carbonyl (C=O) groups excluding carboxylic acids is 1. The van der Waals surface area contributed by atoms with Crippen molar-refractivity contribution >= 4 is 15.9 Å². The molecule has 1 aromatic carbocycles. The first kappa shape index (κ1) is 20.9. The molecule has 2 fully saturated rings. The van der Waals surface area contributed by atoms with Crippen molar-refractivity contribution in [1.29, 1.82) is 0 Å². The van der Waals surface area contributed by atoms with E-state index >= 15 is 0 Å². The van der Waals surface area contributed by atoms with Crippen LogP contribution >= 0.6 is 0 Å². The molecule has 3 rings (SSSR count). The Kier molecular flexibility index (Phi) is 6.82. The van der Waals surface area contributed by atoms with Gasteiger partial charge in [0.15, 0.2) is 0 Å². The molecule has 1 amide bonds. The predicted molar refractivity (Wildman–Crippen MR) is 106 cm³/mol. The number of benzene rings is 1. The molecule has 0 radical (unpaired) electrons. The number of carbonyl (C=O) groups is 1. The summed E-state index contributed by atoms with van der Waals surface area (Å²) in [5.41, 5.74) is 0.